The lowest BCUT2D eigenvalue weighted by Gasteiger charge is -2.08. The molecule has 3 rings (SSSR count). The molecule has 1 N–H and O–H groups in total. The van der Waals surface area contributed by atoms with Crippen LogP contribution >= 0.6 is 0 Å². The van der Waals surface area contributed by atoms with E-state index in [1.807, 2.05) is 13.0 Å². The van der Waals surface area contributed by atoms with Gasteiger partial charge in [0.2, 0.25) is 9.84 Å². The highest BCUT2D eigenvalue weighted by atomic mass is 32.2. The van der Waals surface area contributed by atoms with Gasteiger partial charge in [0.1, 0.15) is 17.9 Å². The Bertz CT molecular complexity index is 966. The van der Waals surface area contributed by atoms with E-state index in [-0.39, 0.29) is 9.92 Å². The molecule has 1 heterocycles. The molecule has 25 heavy (non-hydrogen) atoms. The van der Waals surface area contributed by atoms with Crippen molar-refractivity contribution < 1.29 is 13.2 Å². The fourth-order valence-electron chi connectivity index (χ4n) is 2.70. The van der Waals surface area contributed by atoms with Crippen molar-refractivity contribution >= 4 is 20.7 Å². The number of sulfone groups is 1. The SMILES string of the molecule is CCNCCOc1cccc2c(S(=O)(=O)c3ccccc3)nn(C)c12. The predicted octanol–water partition coefficient (Wildman–Crippen LogP) is 2.39. The maximum Gasteiger partial charge on any atom is 0.226 e. The number of para-hydroxylation sites is 1. The first kappa shape index (κ1) is 17.4. The lowest BCUT2D eigenvalue weighted by Crippen LogP contribution is -2.20. The minimum atomic E-state index is -3.69. The Labute approximate surface area is 147 Å². The van der Waals surface area contributed by atoms with E-state index < -0.39 is 9.84 Å². The lowest BCUT2D eigenvalue weighted by atomic mass is 10.2. The van der Waals surface area contributed by atoms with Gasteiger partial charge < -0.3 is 10.1 Å². The summed E-state index contributed by atoms with van der Waals surface area (Å²) in [6.45, 7) is 4.13. The largest absolute Gasteiger partial charge is 0.490 e. The van der Waals surface area contributed by atoms with Crippen molar-refractivity contribution in [3.05, 3.63) is 48.5 Å². The fourth-order valence-corrected chi connectivity index (χ4v) is 4.13. The topological polar surface area (TPSA) is 73.2 Å². The Kier molecular flexibility index (Phi) is 5.06. The number of nitrogens with one attached hydrogen (secondary N) is 1. The summed E-state index contributed by atoms with van der Waals surface area (Å²) in [5, 5.41) is 8.08. The van der Waals surface area contributed by atoms with E-state index in [4.69, 9.17) is 4.74 Å². The van der Waals surface area contributed by atoms with Crippen molar-refractivity contribution in [2.45, 2.75) is 16.8 Å². The minimum Gasteiger partial charge on any atom is -0.490 e. The molecular weight excluding hydrogens is 338 g/mol. The Morgan fingerprint density at radius 1 is 1.12 bits per heavy atom. The highest BCUT2D eigenvalue weighted by Gasteiger charge is 2.25. The van der Waals surface area contributed by atoms with Crippen LogP contribution in [0.1, 0.15) is 6.92 Å². The highest BCUT2D eigenvalue weighted by molar-refractivity contribution is 7.91. The summed E-state index contributed by atoms with van der Waals surface area (Å²) in [6, 6.07) is 13.7. The van der Waals surface area contributed by atoms with Crippen molar-refractivity contribution in [3.63, 3.8) is 0 Å². The van der Waals surface area contributed by atoms with Crippen molar-refractivity contribution in [2.75, 3.05) is 19.7 Å². The van der Waals surface area contributed by atoms with Gasteiger partial charge in [-0.2, -0.15) is 5.10 Å². The number of benzene rings is 2. The zero-order chi connectivity index (χ0) is 17.9. The second-order valence-corrected chi connectivity index (χ2v) is 7.46. The van der Waals surface area contributed by atoms with E-state index in [1.54, 1.807) is 54.2 Å². The average molecular weight is 359 g/mol. The Hall–Kier alpha value is -2.38. The van der Waals surface area contributed by atoms with Crippen LogP contribution < -0.4 is 10.1 Å². The normalized spacial score (nSPS) is 11.8. The molecule has 0 saturated carbocycles. The molecule has 0 aliphatic carbocycles. The Morgan fingerprint density at radius 3 is 2.60 bits per heavy atom. The summed E-state index contributed by atoms with van der Waals surface area (Å²) < 4.78 is 33.3. The molecule has 1 aromatic heterocycles. The smallest absolute Gasteiger partial charge is 0.226 e. The number of aromatic nitrogens is 2. The van der Waals surface area contributed by atoms with Gasteiger partial charge in [0, 0.05) is 19.0 Å². The monoisotopic (exact) mass is 359 g/mol. The van der Waals surface area contributed by atoms with Gasteiger partial charge in [0.25, 0.3) is 0 Å². The first-order valence-corrected chi connectivity index (χ1v) is 9.63. The van der Waals surface area contributed by atoms with Gasteiger partial charge in [-0.15, -0.1) is 0 Å². The molecule has 0 radical (unpaired) electrons. The third-order valence-electron chi connectivity index (χ3n) is 3.89. The fraction of sp³-hybridized carbons (Fsp3) is 0.278. The van der Waals surface area contributed by atoms with E-state index in [1.165, 1.54) is 0 Å². The third-order valence-corrected chi connectivity index (χ3v) is 5.59. The lowest BCUT2D eigenvalue weighted by molar-refractivity contribution is 0.317. The molecule has 0 unspecified atom stereocenters. The van der Waals surface area contributed by atoms with Crippen molar-refractivity contribution in [2.24, 2.45) is 7.05 Å². The maximum atomic E-state index is 12.9. The number of aryl methyl sites for hydroxylation is 1. The van der Waals surface area contributed by atoms with Crippen LogP contribution in [0.5, 0.6) is 5.75 Å². The van der Waals surface area contributed by atoms with Crippen molar-refractivity contribution in [1.29, 1.82) is 0 Å². The van der Waals surface area contributed by atoms with Gasteiger partial charge in [0.05, 0.1) is 4.90 Å². The van der Waals surface area contributed by atoms with Gasteiger partial charge in [-0.1, -0.05) is 31.2 Å². The van der Waals surface area contributed by atoms with Crippen LogP contribution in [0.4, 0.5) is 0 Å². The number of likely N-dealkylation sites (N-methyl/N-ethyl adjacent to an activating group) is 1. The highest BCUT2D eigenvalue weighted by Crippen LogP contribution is 2.32. The van der Waals surface area contributed by atoms with Crippen molar-refractivity contribution in [3.8, 4) is 5.75 Å². The molecule has 0 aliphatic heterocycles. The summed E-state index contributed by atoms with van der Waals surface area (Å²) >= 11 is 0. The maximum absolute atomic E-state index is 12.9. The van der Waals surface area contributed by atoms with Crippen LogP contribution in [0.2, 0.25) is 0 Å². The molecule has 2 aromatic carbocycles. The summed E-state index contributed by atoms with van der Waals surface area (Å²) in [4.78, 5) is 0.230. The van der Waals surface area contributed by atoms with E-state index >= 15 is 0 Å². The standard InChI is InChI=1S/C18H21N3O3S/c1-3-19-12-13-24-16-11-7-10-15-17(16)21(2)20-18(15)25(22,23)14-8-5-4-6-9-14/h4-11,19H,3,12-13H2,1-2H3. The van der Waals surface area contributed by atoms with Crippen LogP contribution in [0.15, 0.2) is 58.5 Å². The van der Waals surface area contributed by atoms with Crippen LogP contribution in [0.3, 0.4) is 0 Å². The van der Waals surface area contributed by atoms with Gasteiger partial charge in [-0.25, -0.2) is 8.42 Å². The summed E-state index contributed by atoms with van der Waals surface area (Å²) in [7, 11) is -1.96. The van der Waals surface area contributed by atoms with E-state index in [0.29, 0.717) is 23.3 Å². The van der Waals surface area contributed by atoms with Gasteiger partial charge >= 0.3 is 0 Å². The predicted molar refractivity (Wildman–Crippen MR) is 96.6 cm³/mol. The van der Waals surface area contributed by atoms with Crippen LogP contribution in [0.25, 0.3) is 10.9 Å². The first-order chi connectivity index (χ1) is 12.1. The number of hydrogen-bond acceptors (Lipinski definition) is 5. The number of rotatable bonds is 7. The molecular formula is C18H21N3O3S. The molecule has 132 valence electrons. The molecule has 0 saturated heterocycles. The Morgan fingerprint density at radius 2 is 1.88 bits per heavy atom. The molecule has 0 atom stereocenters. The zero-order valence-corrected chi connectivity index (χ0v) is 15.1. The third kappa shape index (κ3) is 3.38. The number of hydrogen-bond donors (Lipinski definition) is 1. The summed E-state index contributed by atoms with van der Waals surface area (Å²) in [6.07, 6.45) is 0. The van der Waals surface area contributed by atoms with Gasteiger partial charge in [-0.05, 0) is 30.8 Å². The average Bonchev–Trinajstić information content (AvgIpc) is 2.98. The van der Waals surface area contributed by atoms with Crippen LogP contribution in [-0.2, 0) is 16.9 Å². The first-order valence-electron chi connectivity index (χ1n) is 8.15. The number of nitrogens with zero attached hydrogens (tertiary/aromatic N) is 2. The van der Waals surface area contributed by atoms with Crippen LogP contribution in [-0.4, -0.2) is 37.9 Å². The molecule has 0 amide bonds. The van der Waals surface area contributed by atoms with E-state index in [9.17, 15) is 8.42 Å². The number of fused-ring (bicyclic) bond motifs is 1. The van der Waals surface area contributed by atoms with Crippen LogP contribution in [0, 0.1) is 0 Å². The summed E-state index contributed by atoms with van der Waals surface area (Å²) in [5.74, 6) is 0.625. The van der Waals surface area contributed by atoms with Crippen molar-refractivity contribution in [1.82, 2.24) is 15.1 Å². The second-order valence-electron chi connectivity index (χ2n) is 5.60. The van der Waals surface area contributed by atoms with E-state index in [0.717, 1.165) is 13.1 Å². The molecule has 0 spiro atoms. The molecule has 3 aromatic rings. The quantitative estimate of drug-likeness (QED) is 0.656. The minimum absolute atomic E-state index is 0.0494. The second kappa shape index (κ2) is 7.25. The molecule has 7 heteroatoms. The van der Waals surface area contributed by atoms with Gasteiger partial charge in [0.15, 0.2) is 5.03 Å². The molecule has 0 aliphatic rings. The summed E-state index contributed by atoms with van der Waals surface area (Å²) in [5.41, 5.74) is 0.675. The molecule has 6 nitrogen and oxygen atoms in total. The molecule has 0 bridgehead atoms. The molecule has 0 fully saturated rings. The van der Waals surface area contributed by atoms with Gasteiger partial charge in [-0.3, -0.25) is 4.68 Å². The van der Waals surface area contributed by atoms with E-state index in [2.05, 4.69) is 10.4 Å². The Balaban J connectivity index is 2.04. The number of ether oxygens (including phenoxy) is 1. The zero-order valence-electron chi connectivity index (χ0n) is 14.3.